The number of methoxy groups -OCH3 is 2. The third kappa shape index (κ3) is 3.98. The monoisotopic (exact) mass is 379 g/mol. The minimum Gasteiger partial charge on any atom is -0.497 e. The van der Waals surface area contributed by atoms with Gasteiger partial charge in [-0.1, -0.05) is 42.5 Å². The Labute approximate surface area is 164 Å². The first-order chi connectivity index (χ1) is 13.5. The van der Waals surface area contributed by atoms with Gasteiger partial charge in [-0.25, -0.2) is 4.39 Å². The average Bonchev–Trinajstić information content (AvgIpc) is 2.75. The van der Waals surface area contributed by atoms with Crippen molar-refractivity contribution in [1.29, 1.82) is 0 Å². The Hall–Kier alpha value is -3.34. The van der Waals surface area contributed by atoms with Crippen LogP contribution in [0.3, 0.4) is 0 Å². The number of ether oxygens (including phenoxy) is 2. The van der Waals surface area contributed by atoms with Gasteiger partial charge >= 0.3 is 0 Å². The maximum absolute atomic E-state index is 13.4. The van der Waals surface area contributed by atoms with Crippen LogP contribution >= 0.6 is 0 Å². The van der Waals surface area contributed by atoms with E-state index in [2.05, 4.69) is 0 Å². The maximum atomic E-state index is 13.4. The molecule has 1 amide bonds. The first-order valence-corrected chi connectivity index (χ1v) is 8.84. The van der Waals surface area contributed by atoms with E-state index in [1.165, 1.54) is 19.2 Å². The highest BCUT2D eigenvalue weighted by molar-refractivity contribution is 5.97. The van der Waals surface area contributed by atoms with Crippen molar-refractivity contribution in [2.75, 3.05) is 21.3 Å². The average molecular weight is 379 g/mol. The van der Waals surface area contributed by atoms with Crippen molar-refractivity contribution in [3.63, 3.8) is 0 Å². The van der Waals surface area contributed by atoms with Gasteiger partial charge in [0, 0.05) is 13.1 Å². The van der Waals surface area contributed by atoms with Gasteiger partial charge in [0.15, 0.2) is 0 Å². The molecule has 4 nitrogen and oxygen atoms in total. The molecule has 1 unspecified atom stereocenters. The molecule has 0 fully saturated rings. The summed E-state index contributed by atoms with van der Waals surface area (Å²) in [6, 6.07) is 20.5. The lowest BCUT2D eigenvalue weighted by Gasteiger charge is -2.30. The normalized spacial score (nSPS) is 11.6. The third-order valence-corrected chi connectivity index (χ3v) is 4.65. The molecule has 5 heteroatoms. The summed E-state index contributed by atoms with van der Waals surface area (Å²) in [4.78, 5) is 14.9. The van der Waals surface area contributed by atoms with Gasteiger partial charge in [0.2, 0.25) is 0 Å². The summed E-state index contributed by atoms with van der Waals surface area (Å²) in [5.74, 6) is 0.510. The van der Waals surface area contributed by atoms with E-state index < -0.39 is 0 Å². The number of halogens is 1. The highest BCUT2D eigenvalue weighted by Crippen LogP contribution is 2.32. The molecular formula is C23H22FNO3. The summed E-state index contributed by atoms with van der Waals surface area (Å²) in [5.41, 5.74) is 2.17. The van der Waals surface area contributed by atoms with Gasteiger partial charge in [0.25, 0.3) is 5.91 Å². The number of hydrogen-bond donors (Lipinski definition) is 0. The zero-order chi connectivity index (χ0) is 20.1. The summed E-state index contributed by atoms with van der Waals surface area (Å²) in [6.07, 6.45) is 0. The van der Waals surface area contributed by atoms with E-state index in [1.54, 1.807) is 49.4 Å². The van der Waals surface area contributed by atoms with Gasteiger partial charge < -0.3 is 14.4 Å². The van der Waals surface area contributed by atoms with Crippen LogP contribution in [0.2, 0.25) is 0 Å². The van der Waals surface area contributed by atoms with E-state index in [-0.39, 0.29) is 17.8 Å². The van der Waals surface area contributed by atoms with Crippen molar-refractivity contribution in [2.24, 2.45) is 0 Å². The molecule has 0 saturated heterocycles. The molecule has 0 saturated carbocycles. The van der Waals surface area contributed by atoms with Crippen molar-refractivity contribution in [3.05, 3.63) is 95.3 Å². The van der Waals surface area contributed by atoms with E-state index in [0.717, 1.165) is 11.1 Å². The van der Waals surface area contributed by atoms with Crippen molar-refractivity contribution in [3.8, 4) is 11.5 Å². The quantitative estimate of drug-likeness (QED) is 0.623. The molecule has 0 N–H and O–H groups in total. The number of carbonyl (C=O) groups excluding carboxylic acids is 1. The second kappa shape index (κ2) is 8.57. The van der Waals surface area contributed by atoms with Crippen LogP contribution in [-0.2, 0) is 0 Å². The van der Waals surface area contributed by atoms with Crippen molar-refractivity contribution >= 4 is 5.91 Å². The lowest BCUT2D eigenvalue weighted by atomic mass is 9.96. The van der Waals surface area contributed by atoms with Crippen LogP contribution in [0, 0.1) is 5.82 Å². The fourth-order valence-corrected chi connectivity index (χ4v) is 3.20. The Morgan fingerprint density at radius 2 is 1.54 bits per heavy atom. The number of hydrogen-bond acceptors (Lipinski definition) is 3. The van der Waals surface area contributed by atoms with E-state index in [4.69, 9.17) is 9.47 Å². The van der Waals surface area contributed by atoms with Crippen LogP contribution in [0.15, 0.2) is 72.8 Å². The summed E-state index contributed by atoms with van der Waals surface area (Å²) in [7, 11) is 4.80. The molecule has 1 atom stereocenters. The minimum atomic E-state index is -0.374. The number of carbonyl (C=O) groups is 1. The summed E-state index contributed by atoms with van der Waals surface area (Å²) in [6.45, 7) is 0. The van der Waals surface area contributed by atoms with Crippen molar-refractivity contribution in [1.82, 2.24) is 4.90 Å². The molecule has 144 valence electrons. The Balaban J connectivity index is 2.03. The van der Waals surface area contributed by atoms with E-state index in [0.29, 0.717) is 17.1 Å². The van der Waals surface area contributed by atoms with Crippen molar-refractivity contribution < 1.29 is 18.7 Å². The zero-order valence-electron chi connectivity index (χ0n) is 16.1. The predicted molar refractivity (Wildman–Crippen MR) is 106 cm³/mol. The van der Waals surface area contributed by atoms with E-state index in [9.17, 15) is 9.18 Å². The lowest BCUT2D eigenvalue weighted by molar-refractivity contribution is 0.0751. The second-order valence-corrected chi connectivity index (χ2v) is 6.35. The van der Waals surface area contributed by atoms with Crippen molar-refractivity contribution in [2.45, 2.75) is 6.04 Å². The summed E-state index contributed by atoms with van der Waals surface area (Å²) >= 11 is 0. The molecule has 3 aromatic carbocycles. The molecule has 28 heavy (non-hydrogen) atoms. The Bertz CT molecular complexity index is 942. The molecule has 0 aromatic heterocycles. The van der Waals surface area contributed by atoms with Gasteiger partial charge in [-0.3, -0.25) is 4.79 Å². The molecular weight excluding hydrogens is 357 g/mol. The molecule has 0 aliphatic carbocycles. The fraction of sp³-hybridized carbons (Fsp3) is 0.174. The smallest absolute Gasteiger partial charge is 0.258 e. The maximum Gasteiger partial charge on any atom is 0.258 e. The molecule has 3 aromatic rings. The van der Waals surface area contributed by atoms with Crippen LogP contribution in [0.4, 0.5) is 4.39 Å². The number of amides is 1. The number of benzene rings is 3. The Kier molecular flexibility index (Phi) is 5.94. The summed E-state index contributed by atoms with van der Waals surface area (Å²) < 4.78 is 24.0. The molecule has 0 radical (unpaired) electrons. The van der Waals surface area contributed by atoms with Crippen LogP contribution in [0.5, 0.6) is 11.5 Å². The number of rotatable bonds is 6. The van der Waals surface area contributed by atoms with Gasteiger partial charge in [-0.2, -0.15) is 0 Å². The molecule has 0 aliphatic rings. The summed E-state index contributed by atoms with van der Waals surface area (Å²) in [5, 5.41) is 0. The zero-order valence-corrected chi connectivity index (χ0v) is 16.1. The van der Waals surface area contributed by atoms with Crippen LogP contribution in [0.25, 0.3) is 0 Å². The van der Waals surface area contributed by atoms with Gasteiger partial charge in [-0.15, -0.1) is 0 Å². The third-order valence-electron chi connectivity index (χ3n) is 4.65. The topological polar surface area (TPSA) is 38.8 Å². The predicted octanol–water partition coefficient (Wildman–Crippen LogP) is 4.70. The van der Waals surface area contributed by atoms with Gasteiger partial charge in [-0.05, 0) is 35.4 Å². The van der Waals surface area contributed by atoms with Crippen LogP contribution in [-0.4, -0.2) is 32.1 Å². The second-order valence-electron chi connectivity index (χ2n) is 6.35. The SMILES string of the molecule is COc1ccc(C(=O)N(C)C(c2ccccc2)c2ccc(F)cc2)c(OC)c1. The molecule has 0 spiro atoms. The number of nitrogens with zero attached hydrogens (tertiary/aromatic N) is 1. The molecule has 3 rings (SSSR count). The highest BCUT2D eigenvalue weighted by Gasteiger charge is 2.26. The van der Waals surface area contributed by atoms with Gasteiger partial charge in [0.1, 0.15) is 17.3 Å². The van der Waals surface area contributed by atoms with E-state index >= 15 is 0 Å². The molecule has 0 bridgehead atoms. The Morgan fingerprint density at radius 3 is 2.14 bits per heavy atom. The first kappa shape index (κ1) is 19.4. The highest BCUT2D eigenvalue weighted by atomic mass is 19.1. The standard InChI is InChI=1S/C23H22FNO3/c1-25(23(26)20-14-13-19(27-2)15-21(20)28-3)22(16-7-5-4-6-8-16)17-9-11-18(24)12-10-17/h4-15,22H,1-3H3. The minimum absolute atomic E-state index is 0.210. The first-order valence-electron chi connectivity index (χ1n) is 8.84. The van der Waals surface area contributed by atoms with Crippen LogP contribution < -0.4 is 9.47 Å². The molecule has 0 aliphatic heterocycles. The largest absolute Gasteiger partial charge is 0.497 e. The lowest BCUT2D eigenvalue weighted by Crippen LogP contribution is -2.32. The fourth-order valence-electron chi connectivity index (χ4n) is 3.20. The van der Waals surface area contributed by atoms with Crippen LogP contribution in [0.1, 0.15) is 27.5 Å². The van der Waals surface area contributed by atoms with Gasteiger partial charge in [0.05, 0.1) is 25.8 Å². The Morgan fingerprint density at radius 1 is 0.893 bits per heavy atom. The van der Waals surface area contributed by atoms with E-state index in [1.807, 2.05) is 30.3 Å². The molecule has 0 heterocycles.